The summed E-state index contributed by atoms with van der Waals surface area (Å²) in [4.78, 5) is 24.9. The molecule has 6 nitrogen and oxygen atoms in total. The molecule has 20 heavy (non-hydrogen) atoms. The SMILES string of the molecule is CS(=O)(=O)C1CSCCN1C(=O)C1CCC(C(=O)O)C1. The first kappa shape index (κ1) is 15.6. The van der Waals surface area contributed by atoms with Crippen molar-refractivity contribution < 1.29 is 23.1 Å². The van der Waals surface area contributed by atoms with E-state index in [4.69, 9.17) is 5.11 Å². The van der Waals surface area contributed by atoms with E-state index in [1.165, 1.54) is 16.7 Å². The highest BCUT2D eigenvalue weighted by atomic mass is 32.2. The number of amides is 1. The monoisotopic (exact) mass is 321 g/mol. The average molecular weight is 321 g/mol. The molecule has 114 valence electrons. The Hall–Kier alpha value is -0.760. The first-order chi connectivity index (χ1) is 9.30. The van der Waals surface area contributed by atoms with Crippen molar-refractivity contribution in [1.29, 1.82) is 0 Å². The van der Waals surface area contributed by atoms with Crippen LogP contribution in [-0.4, -0.2) is 60.0 Å². The second kappa shape index (κ2) is 5.93. The standard InChI is InChI=1S/C12H19NO5S2/c1-20(17,18)10-7-19-5-4-13(10)11(14)8-2-3-9(6-8)12(15)16/h8-10H,2-7H2,1H3,(H,15,16). The number of hydrogen-bond donors (Lipinski definition) is 1. The third kappa shape index (κ3) is 3.28. The molecular formula is C12H19NO5S2. The van der Waals surface area contributed by atoms with Crippen molar-refractivity contribution in [2.75, 3.05) is 24.3 Å². The van der Waals surface area contributed by atoms with Gasteiger partial charge in [-0.05, 0) is 19.3 Å². The number of nitrogens with zero attached hydrogens (tertiary/aromatic N) is 1. The third-order valence-corrected chi connectivity index (χ3v) is 6.64. The molecule has 2 rings (SSSR count). The van der Waals surface area contributed by atoms with E-state index in [1.807, 2.05) is 0 Å². The van der Waals surface area contributed by atoms with Crippen LogP contribution in [0.3, 0.4) is 0 Å². The number of carbonyl (C=O) groups is 2. The Labute approximate surface area is 122 Å². The van der Waals surface area contributed by atoms with E-state index in [0.29, 0.717) is 31.6 Å². The van der Waals surface area contributed by atoms with Crippen molar-refractivity contribution in [2.45, 2.75) is 24.6 Å². The van der Waals surface area contributed by atoms with Crippen LogP contribution in [0.5, 0.6) is 0 Å². The Morgan fingerprint density at radius 2 is 1.90 bits per heavy atom. The molecule has 0 spiro atoms. The Balaban J connectivity index is 2.09. The van der Waals surface area contributed by atoms with Crippen LogP contribution >= 0.6 is 11.8 Å². The summed E-state index contributed by atoms with van der Waals surface area (Å²) in [5, 5.41) is 8.21. The molecule has 2 aliphatic rings. The Morgan fingerprint density at radius 3 is 2.45 bits per heavy atom. The van der Waals surface area contributed by atoms with Gasteiger partial charge in [0.15, 0.2) is 9.84 Å². The van der Waals surface area contributed by atoms with Crippen LogP contribution in [0.4, 0.5) is 0 Å². The number of aliphatic carboxylic acids is 1. The van der Waals surface area contributed by atoms with Crippen molar-refractivity contribution in [1.82, 2.24) is 4.90 Å². The smallest absolute Gasteiger partial charge is 0.306 e. The van der Waals surface area contributed by atoms with Gasteiger partial charge in [-0.15, -0.1) is 0 Å². The van der Waals surface area contributed by atoms with Crippen LogP contribution in [-0.2, 0) is 19.4 Å². The van der Waals surface area contributed by atoms with Crippen LogP contribution in [0.2, 0.25) is 0 Å². The van der Waals surface area contributed by atoms with E-state index in [1.54, 1.807) is 0 Å². The molecule has 3 atom stereocenters. The Kier molecular flexibility index (Phi) is 4.63. The first-order valence-corrected chi connectivity index (χ1v) is 9.71. The quantitative estimate of drug-likeness (QED) is 0.810. The van der Waals surface area contributed by atoms with Gasteiger partial charge in [-0.3, -0.25) is 9.59 Å². The van der Waals surface area contributed by atoms with Gasteiger partial charge in [0, 0.05) is 30.2 Å². The van der Waals surface area contributed by atoms with Crippen LogP contribution < -0.4 is 0 Å². The fourth-order valence-electron chi connectivity index (χ4n) is 2.85. The van der Waals surface area contributed by atoms with Crippen molar-refractivity contribution in [3.63, 3.8) is 0 Å². The van der Waals surface area contributed by atoms with Gasteiger partial charge in [-0.1, -0.05) is 0 Å². The van der Waals surface area contributed by atoms with Gasteiger partial charge in [0.05, 0.1) is 5.92 Å². The van der Waals surface area contributed by atoms with Gasteiger partial charge in [-0.25, -0.2) is 8.42 Å². The number of rotatable bonds is 3. The number of hydrogen-bond acceptors (Lipinski definition) is 5. The number of sulfone groups is 1. The van der Waals surface area contributed by atoms with E-state index >= 15 is 0 Å². The van der Waals surface area contributed by atoms with Crippen LogP contribution in [0.15, 0.2) is 0 Å². The average Bonchev–Trinajstić information content (AvgIpc) is 2.86. The molecule has 1 aliphatic carbocycles. The van der Waals surface area contributed by atoms with Gasteiger partial charge in [0.1, 0.15) is 5.37 Å². The lowest BCUT2D eigenvalue weighted by atomic mass is 10.0. The topological polar surface area (TPSA) is 91.8 Å². The second-order valence-electron chi connectivity index (χ2n) is 5.44. The van der Waals surface area contributed by atoms with E-state index in [-0.39, 0.29) is 11.8 Å². The van der Waals surface area contributed by atoms with E-state index < -0.39 is 27.1 Å². The van der Waals surface area contributed by atoms with Crippen molar-refractivity contribution in [3.8, 4) is 0 Å². The largest absolute Gasteiger partial charge is 0.481 e. The first-order valence-electron chi connectivity index (χ1n) is 6.60. The molecule has 1 heterocycles. The molecule has 3 unspecified atom stereocenters. The summed E-state index contributed by atoms with van der Waals surface area (Å²) in [5.41, 5.74) is 0. The maximum atomic E-state index is 12.5. The van der Waals surface area contributed by atoms with Gasteiger partial charge >= 0.3 is 5.97 Å². The lowest BCUT2D eigenvalue weighted by molar-refractivity contribution is -0.141. The van der Waals surface area contributed by atoms with Crippen molar-refractivity contribution in [2.24, 2.45) is 11.8 Å². The highest BCUT2D eigenvalue weighted by Gasteiger charge is 2.40. The molecule has 8 heteroatoms. The molecule has 0 bridgehead atoms. The summed E-state index contributed by atoms with van der Waals surface area (Å²) in [7, 11) is -3.31. The molecule has 1 N–H and O–H groups in total. The predicted octanol–water partition coefficient (Wildman–Crippen LogP) is 0.433. The van der Waals surface area contributed by atoms with Crippen LogP contribution in [0.25, 0.3) is 0 Å². The van der Waals surface area contributed by atoms with E-state index in [0.717, 1.165) is 12.0 Å². The van der Waals surface area contributed by atoms with Gasteiger partial charge in [0.25, 0.3) is 0 Å². The summed E-state index contributed by atoms with van der Waals surface area (Å²) in [6.45, 7) is 0.426. The van der Waals surface area contributed by atoms with E-state index in [2.05, 4.69) is 0 Å². The highest BCUT2D eigenvalue weighted by molar-refractivity contribution is 8.00. The Morgan fingerprint density at radius 1 is 1.25 bits per heavy atom. The summed E-state index contributed by atoms with van der Waals surface area (Å²) < 4.78 is 23.6. The molecule has 0 aromatic heterocycles. The molecule has 2 fully saturated rings. The van der Waals surface area contributed by atoms with Crippen LogP contribution in [0.1, 0.15) is 19.3 Å². The number of carboxylic acid groups (broad SMARTS) is 1. The fourth-order valence-corrected chi connectivity index (χ4v) is 5.68. The minimum absolute atomic E-state index is 0.190. The summed E-state index contributed by atoms with van der Waals surface area (Å²) in [6.07, 6.45) is 2.51. The zero-order valence-electron chi connectivity index (χ0n) is 11.3. The lowest BCUT2D eigenvalue weighted by Gasteiger charge is -2.35. The summed E-state index contributed by atoms with van der Waals surface area (Å²) >= 11 is 1.53. The maximum absolute atomic E-state index is 12.5. The summed E-state index contributed by atoms with van der Waals surface area (Å²) in [5.74, 6) is -0.742. The van der Waals surface area contributed by atoms with Gasteiger partial charge in [-0.2, -0.15) is 11.8 Å². The number of carboxylic acids is 1. The minimum Gasteiger partial charge on any atom is -0.481 e. The molecule has 0 aromatic rings. The maximum Gasteiger partial charge on any atom is 0.306 e. The second-order valence-corrected chi connectivity index (χ2v) is 8.79. The molecule has 1 saturated heterocycles. The highest BCUT2D eigenvalue weighted by Crippen LogP contribution is 2.34. The van der Waals surface area contributed by atoms with Gasteiger partial charge in [0.2, 0.25) is 5.91 Å². The van der Waals surface area contributed by atoms with Crippen molar-refractivity contribution >= 4 is 33.5 Å². The third-order valence-electron chi connectivity index (χ3n) is 3.99. The molecule has 1 amide bonds. The van der Waals surface area contributed by atoms with E-state index in [9.17, 15) is 18.0 Å². The molecular weight excluding hydrogens is 302 g/mol. The number of thioether (sulfide) groups is 1. The summed E-state index contributed by atoms with van der Waals surface area (Å²) in [6, 6.07) is 0. The predicted molar refractivity (Wildman–Crippen MR) is 76.1 cm³/mol. The van der Waals surface area contributed by atoms with Crippen LogP contribution in [0, 0.1) is 11.8 Å². The molecule has 1 saturated carbocycles. The minimum atomic E-state index is -3.31. The molecule has 0 aromatic carbocycles. The zero-order chi connectivity index (χ0) is 14.9. The zero-order valence-corrected chi connectivity index (χ0v) is 13.0. The van der Waals surface area contributed by atoms with Crippen molar-refractivity contribution in [3.05, 3.63) is 0 Å². The van der Waals surface area contributed by atoms with Gasteiger partial charge < -0.3 is 10.0 Å². The normalized spacial score (nSPS) is 31.2. The lowest BCUT2D eigenvalue weighted by Crippen LogP contribution is -2.51. The Bertz CT molecular complexity index is 504. The fraction of sp³-hybridized carbons (Fsp3) is 0.833. The molecule has 0 radical (unpaired) electrons. The molecule has 1 aliphatic heterocycles. The number of carbonyl (C=O) groups excluding carboxylic acids is 1.